The first-order valence-electron chi connectivity index (χ1n) is 6.95. The highest BCUT2D eigenvalue weighted by Gasteiger charge is 2.14. The number of benzene rings is 1. The smallest absolute Gasteiger partial charge is 0.0412 e. The minimum absolute atomic E-state index is 0.595. The van der Waals surface area contributed by atoms with Crippen molar-refractivity contribution in [3.8, 4) is 0 Å². The van der Waals surface area contributed by atoms with Gasteiger partial charge in [-0.3, -0.25) is 0 Å². The van der Waals surface area contributed by atoms with Crippen molar-refractivity contribution in [3.05, 3.63) is 29.3 Å². The molecule has 0 atom stereocenters. The highest BCUT2D eigenvalue weighted by Crippen LogP contribution is 2.25. The molecule has 0 aromatic heterocycles. The number of nitrogens with zero attached hydrogens (tertiary/aromatic N) is 1. The quantitative estimate of drug-likeness (QED) is 0.851. The van der Waals surface area contributed by atoms with Crippen molar-refractivity contribution in [1.29, 1.82) is 0 Å². The van der Waals surface area contributed by atoms with Gasteiger partial charge in [0.25, 0.3) is 0 Å². The van der Waals surface area contributed by atoms with Crippen LogP contribution in [0.3, 0.4) is 0 Å². The molecule has 0 unspecified atom stereocenters. The summed E-state index contributed by atoms with van der Waals surface area (Å²) in [6.07, 6.45) is 0. The Kier molecular flexibility index (Phi) is 4.61. The van der Waals surface area contributed by atoms with Crippen LogP contribution in [0.4, 0.5) is 5.69 Å². The molecule has 2 rings (SSSR count). The van der Waals surface area contributed by atoms with E-state index >= 15 is 0 Å². The second kappa shape index (κ2) is 6.21. The zero-order valence-corrected chi connectivity index (χ0v) is 11.8. The molecule has 1 aliphatic heterocycles. The van der Waals surface area contributed by atoms with E-state index in [1.807, 2.05) is 7.05 Å². The van der Waals surface area contributed by atoms with Crippen molar-refractivity contribution in [3.63, 3.8) is 0 Å². The van der Waals surface area contributed by atoms with E-state index in [-0.39, 0.29) is 0 Å². The van der Waals surface area contributed by atoms with Gasteiger partial charge in [-0.05, 0) is 30.2 Å². The Balaban J connectivity index is 2.27. The fourth-order valence-electron chi connectivity index (χ4n) is 2.51. The molecule has 2 N–H and O–H groups in total. The Bertz CT molecular complexity index is 381. The van der Waals surface area contributed by atoms with Gasteiger partial charge in [0.15, 0.2) is 0 Å². The van der Waals surface area contributed by atoms with Crippen LogP contribution in [0.15, 0.2) is 18.2 Å². The molecule has 1 heterocycles. The van der Waals surface area contributed by atoms with Gasteiger partial charge in [-0.15, -0.1) is 0 Å². The Morgan fingerprint density at radius 2 is 2.00 bits per heavy atom. The van der Waals surface area contributed by atoms with Crippen LogP contribution in [0.5, 0.6) is 0 Å². The summed E-state index contributed by atoms with van der Waals surface area (Å²) in [5, 5.41) is 6.70. The van der Waals surface area contributed by atoms with Crippen molar-refractivity contribution in [2.24, 2.45) is 0 Å². The average Bonchev–Trinajstić information content (AvgIpc) is 2.40. The first-order chi connectivity index (χ1) is 8.72. The van der Waals surface area contributed by atoms with E-state index < -0.39 is 0 Å². The number of hydrogen-bond donors (Lipinski definition) is 2. The fourth-order valence-corrected chi connectivity index (χ4v) is 2.51. The first kappa shape index (κ1) is 13.4. The van der Waals surface area contributed by atoms with Gasteiger partial charge < -0.3 is 15.5 Å². The molecular formula is C15H25N3. The van der Waals surface area contributed by atoms with Crippen LogP contribution >= 0.6 is 0 Å². The van der Waals surface area contributed by atoms with E-state index in [1.165, 1.54) is 16.8 Å². The molecule has 0 aliphatic carbocycles. The van der Waals surface area contributed by atoms with Gasteiger partial charge in [0.2, 0.25) is 0 Å². The number of hydrogen-bond acceptors (Lipinski definition) is 3. The minimum atomic E-state index is 0.595. The maximum absolute atomic E-state index is 3.41. The van der Waals surface area contributed by atoms with Gasteiger partial charge in [-0.1, -0.05) is 26.0 Å². The predicted molar refractivity (Wildman–Crippen MR) is 78.4 cm³/mol. The second-order valence-electron chi connectivity index (χ2n) is 5.31. The number of rotatable bonds is 4. The largest absolute Gasteiger partial charge is 0.369 e. The van der Waals surface area contributed by atoms with Gasteiger partial charge in [0.1, 0.15) is 0 Å². The molecule has 1 saturated heterocycles. The van der Waals surface area contributed by atoms with Crippen molar-refractivity contribution >= 4 is 5.69 Å². The maximum atomic E-state index is 3.41. The van der Waals surface area contributed by atoms with E-state index in [0.29, 0.717) is 5.92 Å². The Morgan fingerprint density at radius 1 is 1.28 bits per heavy atom. The van der Waals surface area contributed by atoms with Crippen molar-refractivity contribution < 1.29 is 0 Å². The van der Waals surface area contributed by atoms with Gasteiger partial charge >= 0.3 is 0 Å². The summed E-state index contributed by atoms with van der Waals surface area (Å²) in [4.78, 5) is 2.49. The van der Waals surface area contributed by atoms with Gasteiger partial charge in [-0.2, -0.15) is 0 Å². The molecule has 0 amide bonds. The molecule has 100 valence electrons. The Morgan fingerprint density at radius 3 is 2.61 bits per heavy atom. The zero-order chi connectivity index (χ0) is 13.0. The topological polar surface area (TPSA) is 27.3 Å². The SMILES string of the molecule is CNCc1cc(C(C)C)ccc1N1CCNCC1. The molecule has 3 nitrogen and oxygen atoms in total. The van der Waals surface area contributed by atoms with Crippen LogP contribution in [-0.2, 0) is 6.54 Å². The molecule has 3 heteroatoms. The molecular weight excluding hydrogens is 222 g/mol. The predicted octanol–water partition coefficient (Wildman–Crippen LogP) is 1.94. The van der Waals surface area contributed by atoms with E-state index in [1.54, 1.807) is 0 Å². The first-order valence-corrected chi connectivity index (χ1v) is 6.95. The monoisotopic (exact) mass is 247 g/mol. The van der Waals surface area contributed by atoms with Gasteiger partial charge in [0.05, 0.1) is 0 Å². The number of anilines is 1. The van der Waals surface area contributed by atoms with Crippen molar-refractivity contribution in [1.82, 2.24) is 10.6 Å². The summed E-state index contributed by atoms with van der Waals surface area (Å²) in [7, 11) is 2.02. The lowest BCUT2D eigenvalue weighted by Crippen LogP contribution is -2.44. The molecule has 18 heavy (non-hydrogen) atoms. The van der Waals surface area contributed by atoms with Crippen LogP contribution < -0.4 is 15.5 Å². The Hall–Kier alpha value is -1.06. The Labute approximate surface area is 111 Å². The molecule has 0 spiro atoms. The maximum Gasteiger partial charge on any atom is 0.0412 e. The molecule has 0 bridgehead atoms. The lowest BCUT2D eigenvalue weighted by molar-refractivity contribution is 0.586. The summed E-state index contributed by atoms with van der Waals surface area (Å²) in [6, 6.07) is 6.94. The van der Waals surface area contributed by atoms with E-state index in [2.05, 4.69) is 47.6 Å². The lowest BCUT2D eigenvalue weighted by atomic mass is 9.99. The summed E-state index contributed by atoms with van der Waals surface area (Å²) >= 11 is 0. The molecule has 0 radical (unpaired) electrons. The minimum Gasteiger partial charge on any atom is -0.369 e. The number of nitrogens with one attached hydrogen (secondary N) is 2. The van der Waals surface area contributed by atoms with Gasteiger partial charge in [0, 0.05) is 38.4 Å². The van der Waals surface area contributed by atoms with E-state index in [0.717, 1.165) is 32.7 Å². The third kappa shape index (κ3) is 3.03. The molecule has 1 aromatic rings. The average molecular weight is 247 g/mol. The molecule has 0 saturated carbocycles. The van der Waals surface area contributed by atoms with Gasteiger partial charge in [-0.25, -0.2) is 0 Å². The number of piperazine rings is 1. The normalized spacial score (nSPS) is 16.3. The summed E-state index contributed by atoms with van der Waals surface area (Å²) in [5.41, 5.74) is 4.25. The molecule has 1 fully saturated rings. The van der Waals surface area contributed by atoms with E-state index in [9.17, 15) is 0 Å². The molecule has 1 aliphatic rings. The van der Waals surface area contributed by atoms with Crippen molar-refractivity contribution in [2.75, 3.05) is 38.1 Å². The third-order valence-corrected chi connectivity index (χ3v) is 3.60. The van der Waals surface area contributed by atoms with Crippen LogP contribution in [0.1, 0.15) is 30.9 Å². The van der Waals surface area contributed by atoms with Crippen LogP contribution in [0.2, 0.25) is 0 Å². The highest BCUT2D eigenvalue weighted by atomic mass is 15.2. The fraction of sp³-hybridized carbons (Fsp3) is 0.600. The second-order valence-corrected chi connectivity index (χ2v) is 5.31. The van der Waals surface area contributed by atoms with Crippen LogP contribution in [0.25, 0.3) is 0 Å². The standard InChI is InChI=1S/C15H25N3/c1-12(2)13-4-5-15(14(10-13)11-16-3)18-8-6-17-7-9-18/h4-5,10,12,16-17H,6-9,11H2,1-3H3. The van der Waals surface area contributed by atoms with Crippen LogP contribution in [-0.4, -0.2) is 33.2 Å². The third-order valence-electron chi connectivity index (χ3n) is 3.60. The highest BCUT2D eigenvalue weighted by molar-refractivity contribution is 5.56. The lowest BCUT2D eigenvalue weighted by Gasteiger charge is -2.31. The zero-order valence-electron chi connectivity index (χ0n) is 11.8. The molecule has 1 aromatic carbocycles. The summed E-state index contributed by atoms with van der Waals surface area (Å²) in [6.45, 7) is 9.84. The van der Waals surface area contributed by atoms with E-state index in [4.69, 9.17) is 0 Å². The van der Waals surface area contributed by atoms with Crippen LogP contribution in [0, 0.1) is 0 Å². The summed E-state index contributed by atoms with van der Waals surface area (Å²) < 4.78 is 0. The summed E-state index contributed by atoms with van der Waals surface area (Å²) in [5.74, 6) is 0.595. The van der Waals surface area contributed by atoms with Crippen molar-refractivity contribution in [2.45, 2.75) is 26.3 Å².